The molecule has 0 spiro atoms. The summed E-state index contributed by atoms with van der Waals surface area (Å²) in [6.45, 7) is 0.287. The van der Waals surface area contributed by atoms with Gasteiger partial charge in [-0.3, -0.25) is 5.14 Å². The fourth-order valence-corrected chi connectivity index (χ4v) is 2.59. The van der Waals surface area contributed by atoms with E-state index in [0.717, 1.165) is 6.07 Å². The maximum absolute atomic E-state index is 13.4. The Balaban J connectivity index is 2.39. The minimum absolute atomic E-state index is 0.0679. The summed E-state index contributed by atoms with van der Waals surface area (Å²) in [6, 6.07) is 2.51. The smallest absolute Gasteiger partial charge is 0.200 e. The lowest BCUT2D eigenvalue weighted by molar-refractivity contribution is 0.254. The average molecular weight is 247 g/mol. The van der Waals surface area contributed by atoms with Crippen LogP contribution in [-0.2, 0) is 11.0 Å². The molecule has 2 N–H and O–H groups in total. The Kier molecular flexibility index (Phi) is 3.20. The van der Waals surface area contributed by atoms with Crippen LogP contribution >= 0.6 is 0 Å². The quantitative estimate of drug-likeness (QED) is 0.860. The zero-order valence-corrected chi connectivity index (χ0v) is 9.23. The van der Waals surface area contributed by atoms with Crippen molar-refractivity contribution in [3.8, 4) is 5.75 Å². The molecule has 0 saturated carbocycles. The number of ether oxygens (including phenoxy) is 1. The van der Waals surface area contributed by atoms with Gasteiger partial charge in [0.15, 0.2) is 11.6 Å². The molecule has 0 aromatic heterocycles. The third-order valence-corrected chi connectivity index (χ3v) is 3.33. The lowest BCUT2D eigenvalue weighted by Crippen LogP contribution is -2.22. The van der Waals surface area contributed by atoms with Gasteiger partial charge in [-0.25, -0.2) is 8.60 Å². The Morgan fingerprint density at radius 1 is 1.50 bits per heavy atom. The van der Waals surface area contributed by atoms with E-state index < -0.39 is 22.6 Å². The van der Waals surface area contributed by atoms with Crippen molar-refractivity contribution in [1.29, 1.82) is 0 Å². The highest BCUT2D eigenvalue weighted by molar-refractivity contribution is 7.82. The van der Waals surface area contributed by atoms with Gasteiger partial charge in [0, 0.05) is 17.2 Å². The second-order valence-corrected chi connectivity index (χ2v) is 4.76. The molecule has 0 amide bonds. The molecule has 2 rings (SSSR count). The van der Waals surface area contributed by atoms with Crippen LogP contribution in [0.25, 0.3) is 0 Å². The van der Waals surface area contributed by atoms with Gasteiger partial charge < -0.3 is 4.74 Å². The predicted molar refractivity (Wildman–Crippen MR) is 56.4 cm³/mol. The van der Waals surface area contributed by atoms with E-state index in [1.807, 2.05) is 0 Å². The zero-order valence-electron chi connectivity index (χ0n) is 8.41. The molecule has 1 aliphatic rings. The van der Waals surface area contributed by atoms with Crippen molar-refractivity contribution in [2.75, 3.05) is 12.4 Å². The highest BCUT2D eigenvalue weighted by Crippen LogP contribution is 2.36. The molecule has 1 aromatic rings. The van der Waals surface area contributed by atoms with Crippen LogP contribution in [0.4, 0.5) is 8.78 Å². The summed E-state index contributed by atoms with van der Waals surface area (Å²) < 4.78 is 42.4. The topological polar surface area (TPSA) is 52.3 Å². The van der Waals surface area contributed by atoms with E-state index in [4.69, 9.17) is 9.88 Å². The van der Waals surface area contributed by atoms with E-state index in [-0.39, 0.29) is 24.0 Å². The molecular formula is C10H11F2NO2S. The van der Waals surface area contributed by atoms with E-state index in [2.05, 4.69) is 0 Å². The number of hydrogen-bond donors (Lipinski definition) is 1. The highest BCUT2D eigenvalue weighted by Gasteiger charge is 2.26. The van der Waals surface area contributed by atoms with E-state index in [9.17, 15) is 13.0 Å². The lowest BCUT2D eigenvalue weighted by Gasteiger charge is -2.25. The number of nitrogens with two attached hydrogens (primary N) is 1. The molecule has 0 saturated heterocycles. The molecule has 0 aliphatic carbocycles. The molecule has 1 heterocycles. The number of rotatable bonds is 2. The molecule has 16 heavy (non-hydrogen) atoms. The van der Waals surface area contributed by atoms with Gasteiger partial charge in [-0.2, -0.15) is 4.39 Å². The van der Waals surface area contributed by atoms with E-state index in [1.54, 1.807) is 0 Å². The second-order valence-electron chi connectivity index (χ2n) is 3.66. The van der Waals surface area contributed by atoms with Crippen LogP contribution in [0.2, 0.25) is 0 Å². The summed E-state index contributed by atoms with van der Waals surface area (Å²) in [4.78, 5) is 0. The normalized spacial score (nSPS) is 21.1. The van der Waals surface area contributed by atoms with Crippen LogP contribution in [0, 0.1) is 11.6 Å². The Bertz CT molecular complexity index is 439. The minimum Gasteiger partial charge on any atom is -0.490 e. The molecule has 2 atom stereocenters. The molecule has 2 unspecified atom stereocenters. The molecule has 0 fully saturated rings. The fourth-order valence-electron chi connectivity index (χ4n) is 1.85. The third kappa shape index (κ3) is 2.08. The van der Waals surface area contributed by atoms with Crippen molar-refractivity contribution >= 4 is 11.0 Å². The summed E-state index contributed by atoms with van der Waals surface area (Å²) in [5, 5.41) is 5.21. The van der Waals surface area contributed by atoms with Crippen LogP contribution in [0.1, 0.15) is 17.9 Å². The van der Waals surface area contributed by atoms with Gasteiger partial charge in [0.1, 0.15) is 0 Å². The van der Waals surface area contributed by atoms with Crippen LogP contribution < -0.4 is 9.88 Å². The number of fused-ring (bicyclic) bond motifs is 1. The van der Waals surface area contributed by atoms with Crippen LogP contribution in [-0.4, -0.2) is 16.6 Å². The van der Waals surface area contributed by atoms with Crippen LogP contribution in [0.15, 0.2) is 12.1 Å². The monoisotopic (exact) mass is 247 g/mol. The molecular weight excluding hydrogens is 236 g/mol. The van der Waals surface area contributed by atoms with Crippen molar-refractivity contribution < 1.29 is 17.7 Å². The standard InChI is InChI=1S/C10H11F2NO2S/c11-8-2-1-7-6(5-16(13)14)3-4-15-10(7)9(8)12/h1-2,6H,3-5,13H2. The Hall–Kier alpha value is -1.01. The summed E-state index contributed by atoms with van der Waals surface area (Å²) in [7, 11) is -1.45. The Morgan fingerprint density at radius 2 is 2.25 bits per heavy atom. The first-order chi connectivity index (χ1) is 7.59. The van der Waals surface area contributed by atoms with Crippen molar-refractivity contribution in [3.05, 3.63) is 29.3 Å². The van der Waals surface area contributed by atoms with Crippen molar-refractivity contribution in [2.24, 2.45) is 5.14 Å². The first kappa shape index (κ1) is 11.5. The highest BCUT2D eigenvalue weighted by atomic mass is 32.2. The van der Waals surface area contributed by atoms with E-state index in [0.29, 0.717) is 12.0 Å². The number of hydrogen-bond acceptors (Lipinski definition) is 2. The van der Waals surface area contributed by atoms with Crippen LogP contribution in [0.5, 0.6) is 5.75 Å². The molecule has 6 heteroatoms. The van der Waals surface area contributed by atoms with Crippen molar-refractivity contribution in [3.63, 3.8) is 0 Å². The fraction of sp³-hybridized carbons (Fsp3) is 0.400. The molecule has 88 valence electrons. The predicted octanol–water partition coefficient (Wildman–Crippen LogP) is 1.45. The molecule has 0 bridgehead atoms. The largest absolute Gasteiger partial charge is 0.490 e. The Labute approximate surface area is 94.2 Å². The molecule has 0 radical (unpaired) electrons. The zero-order chi connectivity index (χ0) is 11.7. The number of benzene rings is 1. The van der Waals surface area contributed by atoms with E-state index in [1.165, 1.54) is 6.07 Å². The van der Waals surface area contributed by atoms with Gasteiger partial charge in [0.25, 0.3) is 0 Å². The van der Waals surface area contributed by atoms with Crippen molar-refractivity contribution in [2.45, 2.75) is 12.3 Å². The average Bonchev–Trinajstić information content (AvgIpc) is 2.23. The minimum atomic E-state index is -1.45. The Morgan fingerprint density at radius 3 is 2.94 bits per heavy atom. The molecule has 1 aromatic carbocycles. The van der Waals surface area contributed by atoms with Gasteiger partial charge in [-0.1, -0.05) is 6.07 Å². The maximum atomic E-state index is 13.4. The van der Waals surface area contributed by atoms with Gasteiger partial charge in [-0.05, 0) is 12.5 Å². The number of halogens is 2. The second kappa shape index (κ2) is 4.47. The summed E-state index contributed by atoms with van der Waals surface area (Å²) in [5.74, 6) is -1.88. The summed E-state index contributed by atoms with van der Waals surface area (Å²) >= 11 is 0. The van der Waals surface area contributed by atoms with Gasteiger partial charge in [0.2, 0.25) is 5.82 Å². The summed E-state index contributed by atoms with van der Waals surface area (Å²) in [5.41, 5.74) is 0.545. The van der Waals surface area contributed by atoms with E-state index >= 15 is 0 Å². The molecule has 1 aliphatic heterocycles. The summed E-state index contributed by atoms with van der Waals surface area (Å²) in [6.07, 6.45) is 0.612. The molecule has 3 nitrogen and oxygen atoms in total. The van der Waals surface area contributed by atoms with Crippen molar-refractivity contribution in [1.82, 2.24) is 0 Å². The first-order valence-electron chi connectivity index (χ1n) is 4.83. The third-order valence-electron chi connectivity index (χ3n) is 2.60. The SMILES string of the molecule is NS(=O)CC1CCOc2c1ccc(F)c2F. The van der Waals surface area contributed by atoms with Gasteiger partial charge in [0.05, 0.1) is 17.6 Å². The van der Waals surface area contributed by atoms with Gasteiger partial charge in [-0.15, -0.1) is 0 Å². The first-order valence-corrected chi connectivity index (χ1v) is 6.21. The maximum Gasteiger partial charge on any atom is 0.200 e. The van der Waals surface area contributed by atoms with Crippen LogP contribution in [0.3, 0.4) is 0 Å². The lowest BCUT2D eigenvalue weighted by atomic mass is 9.94. The van der Waals surface area contributed by atoms with Gasteiger partial charge >= 0.3 is 0 Å².